The number of hydrogen-bond acceptors (Lipinski definition) is 3. The fourth-order valence-electron chi connectivity index (χ4n) is 4.04. The Morgan fingerprint density at radius 3 is 2.44 bits per heavy atom. The number of carbonyl (C=O) groups excluding carboxylic acids is 2. The van der Waals surface area contributed by atoms with Gasteiger partial charge in [-0.15, -0.1) is 0 Å². The largest absolute Gasteiger partial charge is 0.355 e. The number of H-pyrrole nitrogens is 1. The third-order valence-corrected chi connectivity index (χ3v) is 5.90. The van der Waals surface area contributed by atoms with Gasteiger partial charge in [-0.25, -0.2) is 4.39 Å². The second kappa shape index (κ2) is 10.5. The first-order valence-electron chi connectivity index (χ1n) is 11.3. The van der Waals surface area contributed by atoms with E-state index in [-0.39, 0.29) is 30.6 Å². The first kappa shape index (κ1) is 23.4. The number of hydrogen-bond donors (Lipinski definition) is 3. The van der Waals surface area contributed by atoms with E-state index in [4.69, 9.17) is 0 Å². The highest BCUT2D eigenvalue weighted by atomic mass is 19.1. The minimum atomic E-state index is -0.657. The van der Waals surface area contributed by atoms with E-state index in [1.54, 1.807) is 12.1 Å². The smallest absolute Gasteiger partial charge is 0.228 e. The molecule has 0 spiro atoms. The number of rotatable bonds is 9. The fourth-order valence-corrected chi connectivity index (χ4v) is 4.04. The first-order chi connectivity index (χ1) is 16.4. The minimum Gasteiger partial charge on any atom is -0.355 e. The summed E-state index contributed by atoms with van der Waals surface area (Å²) in [4.78, 5) is 31.3. The van der Waals surface area contributed by atoms with Gasteiger partial charge in [0.05, 0.1) is 5.92 Å². The van der Waals surface area contributed by atoms with E-state index >= 15 is 0 Å². The van der Waals surface area contributed by atoms with E-state index in [0.717, 1.165) is 32.9 Å². The fraction of sp³-hybridized carbons (Fsp3) is 0.259. The number of para-hydroxylation sites is 1. The standard InChI is InChI=1S/C27H29FN4O2/c1-32(2)14-13-29-26(33)16-23(27(34)30-17-18-7-10-20(28)11-8-18)19-9-12-22-21-5-3-4-6-24(21)31-25(22)15-19/h3-12,15,23,31H,13-14,16-17H2,1-2H3,(H,29,33)(H,30,34). The molecule has 0 aliphatic rings. The summed E-state index contributed by atoms with van der Waals surface area (Å²) < 4.78 is 13.2. The average Bonchev–Trinajstić information content (AvgIpc) is 3.19. The van der Waals surface area contributed by atoms with Crippen molar-refractivity contribution in [3.05, 3.63) is 83.7 Å². The monoisotopic (exact) mass is 460 g/mol. The number of amides is 2. The van der Waals surface area contributed by atoms with Crippen LogP contribution in [0.3, 0.4) is 0 Å². The molecular formula is C27H29FN4O2. The van der Waals surface area contributed by atoms with Crippen molar-refractivity contribution in [2.75, 3.05) is 27.2 Å². The molecule has 1 heterocycles. The third-order valence-electron chi connectivity index (χ3n) is 5.90. The summed E-state index contributed by atoms with van der Waals surface area (Å²) in [5.74, 6) is -1.41. The van der Waals surface area contributed by atoms with Gasteiger partial charge in [-0.05, 0) is 49.5 Å². The van der Waals surface area contributed by atoms with Crippen LogP contribution in [0.4, 0.5) is 4.39 Å². The number of likely N-dealkylation sites (N-methyl/N-ethyl adjacent to an activating group) is 1. The Kier molecular flexibility index (Phi) is 7.23. The third kappa shape index (κ3) is 5.61. The van der Waals surface area contributed by atoms with Crippen molar-refractivity contribution >= 4 is 33.6 Å². The zero-order valence-corrected chi connectivity index (χ0v) is 19.4. The zero-order chi connectivity index (χ0) is 24.1. The van der Waals surface area contributed by atoms with Gasteiger partial charge < -0.3 is 20.5 Å². The van der Waals surface area contributed by atoms with E-state index < -0.39 is 5.92 Å². The van der Waals surface area contributed by atoms with Crippen molar-refractivity contribution in [2.24, 2.45) is 0 Å². The molecule has 176 valence electrons. The van der Waals surface area contributed by atoms with E-state index in [2.05, 4.69) is 21.7 Å². The summed E-state index contributed by atoms with van der Waals surface area (Å²) in [5.41, 5.74) is 3.49. The molecule has 7 heteroatoms. The summed E-state index contributed by atoms with van der Waals surface area (Å²) in [6, 6.07) is 19.9. The van der Waals surface area contributed by atoms with Crippen LogP contribution in [0.5, 0.6) is 0 Å². The van der Waals surface area contributed by atoms with Crippen LogP contribution in [0.2, 0.25) is 0 Å². The number of nitrogens with zero attached hydrogens (tertiary/aromatic N) is 1. The van der Waals surface area contributed by atoms with Gasteiger partial charge in [0.15, 0.2) is 0 Å². The second-order valence-electron chi connectivity index (χ2n) is 8.73. The van der Waals surface area contributed by atoms with Crippen LogP contribution >= 0.6 is 0 Å². The molecule has 0 saturated carbocycles. The summed E-state index contributed by atoms with van der Waals surface area (Å²) in [7, 11) is 3.88. The number of carbonyl (C=O) groups is 2. The van der Waals surface area contributed by atoms with Crippen molar-refractivity contribution in [1.82, 2.24) is 20.5 Å². The Bertz CT molecular complexity index is 1300. The molecule has 2 amide bonds. The molecule has 34 heavy (non-hydrogen) atoms. The molecule has 0 radical (unpaired) electrons. The molecule has 3 N–H and O–H groups in total. The minimum absolute atomic E-state index is 0.0361. The lowest BCUT2D eigenvalue weighted by molar-refractivity contribution is -0.128. The summed E-state index contributed by atoms with van der Waals surface area (Å²) in [6.07, 6.45) is 0.0361. The maximum atomic E-state index is 13.2. The number of benzene rings is 3. The molecule has 1 atom stereocenters. The second-order valence-corrected chi connectivity index (χ2v) is 8.73. The Labute approximate surface area is 198 Å². The summed E-state index contributed by atoms with van der Waals surface area (Å²) in [6.45, 7) is 1.48. The van der Waals surface area contributed by atoms with Gasteiger partial charge in [0, 0.05) is 47.9 Å². The van der Waals surface area contributed by atoms with Gasteiger partial charge in [-0.3, -0.25) is 9.59 Å². The van der Waals surface area contributed by atoms with Crippen LogP contribution in [-0.4, -0.2) is 48.9 Å². The van der Waals surface area contributed by atoms with E-state index in [9.17, 15) is 14.0 Å². The predicted octanol–water partition coefficient (Wildman–Crippen LogP) is 3.93. The first-order valence-corrected chi connectivity index (χ1v) is 11.3. The molecule has 0 aliphatic heterocycles. The lowest BCUT2D eigenvalue weighted by atomic mass is 9.93. The molecule has 1 unspecified atom stereocenters. The van der Waals surface area contributed by atoms with Crippen LogP contribution in [-0.2, 0) is 16.1 Å². The lowest BCUT2D eigenvalue weighted by Crippen LogP contribution is -2.35. The highest BCUT2D eigenvalue weighted by Gasteiger charge is 2.24. The maximum Gasteiger partial charge on any atom is 0.228 e. The number of fused-ring (bicyclic) bond motifs is 3. The molecule has 4 rings (SSSR count). The van der Waals surface area contributed by atoms with E-state index in [1.165, 1.54) is 12.1 Å². The average molecular weight is 461 g/mol. The maximum absolute atomic E-state index is 13.2. The van der Waals surface area contributed by atoms with E-state index in [1.807, 2.05) is 55.4 Å². The number of halogens is 1. The van der Waals surface area contributed by atoms with Gasteiger partial charge in [-0.2, -0.15) is 0 Å². The van der Waals surface area contributed by atoms with Crippen molar-refractivity contribution in [3.63, 3.8) is 0 Å². The van der Waals surface area contributed by atoms with Crippen molar-refractivity contribution < 1.29 is 14.0 Å². The predicted molar refractivity (Wildman–Crippen MR) is 133 cm³/mol. The molecule has 6 nitrogen and oxygen atoms in total. The Balaban J connectivity index is 1.56. The van der Waals surface area contributed by atoms with Crippen LogP contribution in [0.25, 0.3) is 21.8 Å². The molecular weight excluding hydrogens is 431 g/mol. The Morgan fingerprint density at radius 1 is 0.941 bits per heavy atom. The molecule has 4 aromatic rings. The normalized spacial score (nSPS) is 12.2. The highest BCUT2D eigenvalue weighted by Crippen LogP contribution is 2.29. The van der Waals surface area contributed by atoms with Crippen LogP contribution in [0.1, 0.15) is 23.5 Å². The zero-order valence-electron chi connectivity index (χ0n) is 19.4. The lowest BCUT2D eigenvalue weighted by Gasteiger charge is -2.18. The van der Waals surface area contributed by atoms with Crippen molar-refractivity contribution in [1.29, 1.82) is 0 Å². The van der Waals surface area contributed by atoms with E-state index in [0.29, 0.717) is 13.1 Å². The highest BCUT2D eigenvalue weighted by molar-refractivity contribution is 6.07. The molecule has 0 aliphatic carbocycles. The van der Waals surface area contributed by atoms with Gasteiger partial charge in [0.2, 0.25) is 11.8 Å². The molecule has 0 fully saturated rings. The summed E-state index contributed by atoms with van der Waals surface area (Å²) >= 11 is 0. The van der Waals surface area contributed by atoms with Crippen molar-refractivity contribution in [2.45, 2.75) is 18.9 Å². The van der Waals surface area contributed by atoms with Gasteiger partial charge in [0.1, 0.15) is 5.82 Å². The summed E-state index contributed by atoms with van der Waals surface area (Å²) in [5, 5.41) is 7.99. The number of aromatic amines is 1. The Hall–Kier alpha value is -3.71. The van der Waals surface area contributed by atoms with Gasteiger partial charge in [-0.1, -0.05) is 42.5 Å². The van der Waals surface area contributed by atoms with Crippen molar-refractivity contribution in [3.8, 4) is 0 Å². The molecule has 0 saturated heterocycles. The van der Waals surface area contributed by atoms with Crippen LogP contribution < -0.4 is 10.6 Å². The number of aromatic nitrogens is 1. The quantitative estimate of drug-likeness (QED) is 0.354. The molecule has 0 bridgehead atoms. The van der Waals surface area contributed by atoms with Crippen LogP contribution in [0.15, 0.2) is 66.7 Å². The van der Waals surface area contributed by atoms with Gasteiger partial charge in [0.25, 0.3) is 0 Å². The SMILES string of the molecule is CN(C)CCNC(=O)CC(C(=O)NCc1ccc(F)cc1)c1ccc2c(c1)[nH]c1ccccc12. The Morgan fingerprint density at radius 2 is 1.68 bits per heavy atom. The topological polar surface area (TPSA) is 77.2 Å². The van der Waals surface area contributed by atoms with Gasteiger partial charge >= 0.3 is 0 Å². The molecule has 1 aromatic heterocycles. The number of nitrogens with one attached hydrogen (secondary N) is 3. The molecule has 3 aromatic carbocycles. The van der Waals surface area contributed by atoms with Crippen LogP contribution in [0, 0.1) is 5.82 Å².